The van der Waals surface area contributed by atoms with Crippen LogP contribution in [0.15, 0.2) is 48.5 Å². The molecule has 0 saturated carbocycles. The summed E-state index contributed by atoms with van der Waals surface area (Å²) in [5.41, 5.74) is 1.99. The van der Waals surface area contributed by atoms with E-state index in [9.17, 15) is 13.2 Å². The van der Waals surface area contributed by atoms with Gasteiger partial charge < -0.3 is 10.1 Å². The Balaban J connectivity index is 2.18. The van der Waals surface area contributed by atoms with Crippen molar-refractivity contribution in [1.82, 2.24) is 0 Å². The molecule has 2 rings (SSSR count). The predicted molar refractivity (Wildman–Crippen MR) is 90.2 cm³/mol. The predicted octanol–water partition coefficient (Wildman–Crippen LogP) is 2.19. The number of carbonyl (C=O) groups is 1. The Morgan fingerprint density at radius 1 is 1.09 bits per heavy atom. The van der Waals surface area contributed by atoms with Crippen molar-refractivity contribution in [2.45, 2.75) is 13.5 Å². The van der Waals surface area contributed by atoms with Crippen molar-refractivity contribution in [2.75, 3.05) is 16.7 Å². The SMILES string of the molecule is COc1ccc(CN(c2ccc(NC(C)=O)cc2)[SH](=O)=O)cc1. The van der Waals surface area contributed by atoms with Gasteiger partial charge in [0.05, 0.1) is 19.3 Å². The number of benzene rings is 2. The third kappa shape index (κ3) is 4.72. The first-order valence-electron chi connectivity index (χ1n) is 6.92. The van der Waals surface area contributed by atoms with Crippen LogP contribution in [0.2, 0.25) is 0 Å². The Morgan fingerprint density at radius 2 is 1.70 bits per heavy atom. The van der Waals surface area contributed by atoms with E-state index < -0.39 is 10.9 Å². The smallest absolute Gasteiger partial charge is 0.225 e. The number of carbonyl (C=O) groups excluding carboxylic acids is 1. The van der Waals surface area contributed by atoms with Crippen LogP contribution in [-0.4, -0.2) is 21.4 Å². The first-order valence-corrected chi connectivity index (χ1v) is 8.05. The van der Waals surface area contributed by atoms with Crippen LogP contribution in [0.5, 0.6) is 5.75 Å². The number of thiol groups is 1. The molecule has 1 amide bonds. The summed E-state index contributed by atoms with van der Waals surface area (Å²) in [6.45, 7) is 1.64. The molecular formula is C16H18N2O4S. The Labute approximate surface area is 136 Å². The van der Waals surface area contributed by atoms with Gasteiger partial charge in [0, 0.05) is 12.6 Å². The van der Waals surface area contributed by atoms with Gasteiger partial charge in [-0.25, -0.2) is 8.42 Å². The summed E-state index contributed by atoms with van der Waals surface area (Å²) in [4.78, 5) is 11.0. The second-order valence-corrected chi connectivity index (χ2v) is 5.83. The fourth-order valence-corrected chi connectivity index (χ4v) is 2.67. The van der Waals surface area contributed by atoms with Crippen LogP contribution in [0.1, 0.15) is 12.5 Å². The molecular weight excluding hydrogens is 316 g/mol. The third-order valence-electron chi connectivity index (χ3n) is 3.17. The van der Waals surface area contributed by atoms with Gasteiger partial charge in [0.25, 0.3) is 0 Å². The molecule has 0 fully saturated rings. The van der Waals surface area contributed by atoms with Crippen molar-refractivity contribution in [1.29, 1.82) is 0 Å². The van der Waals surface area contributed by atoms with Crippen molar-refractivity contribution >= 4 is 28.2 Å². The van der Waals surface area contributed by atoms with E-state index in [4.69, 9.17) is 4.74 Å². The molecule has 2 aromatic rings. The molecule has 0 aliphatic rings. The minimum absolute atomic E-state index is 0.178. The molecule has 6 nitrogen and oxygen atoms in total. The van der Waals surface area contributed by atoms with E-state index in [0.29, 0.717) is 17.1 Å². The Bertz CT molecular complexity index is 732. The topological polar surface area (TPSA) is 75.7 Å². The van der Waals surface area contributed by atoms with Gasteiger partial charge in [-0.3, -0.25) is 9.10 Å². The van der Waals surface area contributed by atoms with Crippen molar-refractivity contribution in [3.63, 3.8) is 0 Å². The molecule has 0 radical (unpaired) electrons. The molecule has 2 aromatic carbocycles. The van der Waals surface area contributed by atoms with Crippen LogP contribution in [0.25, 0.3) is 0 Å². The highest BCUT2D eigenvalue weighted by Gasteiger charge is 2.10. The highest BCUT2D eigenvalue weighted by molar-refractivity contribution is 7.74. The van der Waals surface area contributed by atoms with Gasteiger partial charge in [-0.2, -0.15) is 0 Å². The first-order chi connectivity index (χ1) is 11.0. The molecule has 23 heavy (non-hydrogen) atoms. The number of hydrogen-bond donors (Lipinski definition) is 2. The number of amides is 1. The average Bonchev–Trinajstić information content (AvgIpc) is 2.53. The summed E-state index contributed by atoms with van der Waals surface area (Å²) in [6.07, 6.45) is 0. The van der Waals surface area contributed by atoms with Gasteiger partial charge in [0.1, 0.15) is 5.75 Å². The van der Waals surface area contributed by atoms with Crippen molar-refractivity contribution in [3.8, 4) is 5.75 Å². The van der Waals surface area contributed by atoms with E-state index in [1.165, 1.54) is 11.2 Å². The van der Waals surface area contributed by atoms with Crippen molar-refractivity contribution < 1.29 is 17.9 Å². The third-order valence-corrected chi connectivity index (χ3v) is 3.94. The summed E-state index contributed by atoms with van der Waals surface area (Å²) >= 11 is 0. The lowest BCUT2D eigenvalue weighted by atomic mass is 10.2. The number of hydrogen-bond acceptors (Lipinski definition) is 4. The van der Waals surface area contributed by atoms with Crippen LogP contribution in [0, 0.1) is 0 Å². The van der Waals surface area contributed by atoms with Gasteiger partial charge in [0.15, 0.2) is 0 Å². The molecule has 0 unspecified atom stereocenters. The number of rotatable bonds is 6. The van der Waals surface area contributed by atoms with Crippen LogP contribution in [-0.2, 0) is 22.2 Å². The molecule has 0 aliphatic heterocycles. The number of methoxy groups -OCH3 is 1. The second kappa shape index (κ2) is 7.64. The number of ether oxygens (including phenoxy) is 1. The summed E-state index contributed by atoms with van der Waals surface area (Å²) < 4.78 is 29.5. The lowest BCUT2D eigenvalue weighted by Crippen LogP contribution is -2.20. The van der Waals surface area contributed by atoms with E-state index >= 15 is 0 Å². The minimum Gasteiger partial charge on any atom is -0.497 e. The van der Waals surface area contributed by atoms with Gasteiger partial charge in [0.2, 0.25) is 16.8 Å². The zero-order chi connectivity index (χ0) is 16.8. The molecule has 0 bridgehead atoms. The fourth-order valence-electron chi connectivity index (χ4n) is 2.07. The zero-order valence-corrected chi connectivity index (χ0v) is 13.7. The summed E-state index contributed by atoms with van der Waals surface area (Å²) in [5, 5.41) is 2.64. The van der Waals surface area contributed by atoms with Gasteiger partial charge >= 0.3 is 0 Å². The summed E-state index contributed by atoms with van der Waals surface area (Å²) in [6, 6.07) is 13.8. The lowest BCUT2D eigenvalue weighted by molar-refractivity contribution is -0.114. The lowest BCUT2D eigenvalue weighted by Gasteiger charge is -2.18. The standard InChI is InChI=1S/C16H18N2O4S/c1-12(19)17-14-5-7-15(8-6-14)18(23(20)21)11-13-3-9-16(22-2)10-4-13/h3-10,23H,11H2,1-2H3,(H,17,19). The van der Waals surface area contributed by atoms with Crippen molar-refractivity contribution in [2.24, 2.45) is 0 Å². The van der Waals surface area contributed by atoms with E-state index in [-0.39, 0.29) is 12.5 Å². The molecule has 0 saturated heterocycles. The second-order valence-electron chi connectivity index (χ2n) is 4.87. The van der Waals surface area contributed by atoms with Crippen LogP contribution in [0.3, 0.4) is 0 Å². The number of anilines is 2. The maximum absolute atomic E-state index is 11.6. The quantitative estimate of drug-likeness (QED) is 0.794. The van der Waals surface area contributed by atoms with Crippen LogP contribution in [0.4, 0.5) is 11.4 Å². The van der Waals surface area contributed by atoms with E-state index in [2.05, 4.69) is 5.32 Å². The molecule has 122 valence electrons. The Morgan fingerprint density at radius 3 is 2.17 bits per heavy atom. The molecule has 0 atom stereocenters. The first kappa shape index (κ1) is 16.8. The highest BCUT2D eigenvalue weighted by atomic mass is 32.2. The summed E-state index contributed by atoms with van der Waals surface area (Å²) in [7, 11) is -1.21. The minimum atomic E-state index is -2.79. The van der Waals surface area contributed by atoms with Crippen LogP contribution < -0.4 is 14.4 Å². The molecule has 1 N–H and O–H groups in total. The molecule has 0 aromatic heterocycles. The monoisotopic (exact) mass is 334 g/mol. The Kier molecular flexibility index (Phi) is 5.59. The van der Waals surface area contributed by atoms with E-state index in [1.54, 1.807) is 43.5 Å². The maximum atomic E-state index is 11.6. The van der Waals surface area contributed by atoms with Gasteiger partial charge in [-0.15, -0.1) is 0 Å². The molecule has 7 heteroatoms. The zero-order valence-electron chi connectivity index (χ0n) is 12.9. The van der Waals surface area contributed by atoms with Crippen molar-refractivity contribution in [3.05, 3.63) is 54.1 Å². The maximum Gasteiger partial charge on any atom is 0.225 e. The largest absolute Gasteiger partial charge is 0.497 e. The molecule has 0 spiro atoms. The summed E-state index contributed by atoms with van der Waals surface area (Å²) in [5.74, 6) is 0.536. The fraction of sp³-hybridized carbons (Fsp3) is 0.188. The number of nitrogens with zero attached hydrogens (tertiary/aromatic N) is 1. The van der Waals surface area contributed by atoms with Gasteiger partial charge in [-0.1, -0.05) is 12.1 Å². The number of nitrogens with one attached hydrogen (secondary N) is 1. The average molecular weight is 334 g/mol. The highest BCUT2D eigenvalue weighted by Crippen LogP contribution is 2.21. The van der Waals surface area contributed by atoms with Crippen LogP contribution >= 0.6 is 0 Å². The van der Waals surface area contributed by atoms with E-state index in [0.717, 1.165) is 5.56 Å². The Hall–Kier alpha value is -2.54. The normalized spacial score (nSPS) is 10.4. The molecule has 0 heterocycles. The molecule has 0 aliphatic carbocycles. The van der Waals surface area contributed by atoms with Gasteiger partial charge in [-0.05, 0) is 42.0 Å². The van der Waals surface area contributed by atoms with E-state index in [1.807, 2.05) is 12.1 Å².